The molecule has 1 aromatic carbocycles. The van der Waals surface area contributed by atoms with Crippen molar-refractivity contribution in [2.75, 3.05) is 0 Å². The smallest absolute Gasteiger partial charge is 0.0899 e. The molecule has 0 aromatic heterocycles. The SMILES string of the molecule is Cc1cccc(C2(O)CC2)c1. The lowest BCUT2D eigenvalue weighted by molar-refractivity contribution is 0.151. The van der Waals surface area contributed by atoms with E-state index in [1.54, 1.807) is 0 Å². The fourth-order valence-corrected chi connectivity index (χ4v) is 1.34. The molecule has 1 N–H and O–H groups in total. The molecule has 0 atom stereocenters. The summed E-state index contributed by atoms with van der Waals surface area (Å²) in [6, 6.07) is 8.11. The van der Waals surface area contributed by atoms with Crippen LogP contribution < -0.4 is 0 Å². The van der Waals surface area contributed by atoms with Gasteiger partial charge in [-0.1, -0.05) is 29.8 Å². The van der Waals surface area contributed by atoms with Crippen molar-refractivity contribution in [1.82, 2.24) is 0 Å². The maximum atomic E-state index is 9.72. The van der Waals surface area contributed by atoms with Crippen LogP contribution in [0.3, 0.4) is 0 Å². The van der Waals surface area contributed by atoms with Gasteiger partial charge in [-0.15, -0.1) is 0 Å². The van der Waals surface area contributed by atoms with Gasteiger partial charge in [0.05, 0.1) is 5.60 Å². The summed E-state index contributed by atoms with van der Waals surface area (Å²) in [6.07, 6.45) is 1.85. The fourth-order valence-electron chi connectivity index (χ4n) is 1.34. The Morgan fingerprint density at radius 3 is 2.64 bits per heavy atom. The van der Waals surface area contributed by atoms with E-state index in [1.165, 1.54) is 5.56 Å². The average molecular weight is 148 g/mol. The Bertz CT molecular complexity index is 274. The first kappa shape index (κ1) is 6.86. The molecule has 0 saturated heterocycles. The van der Waals surface area contributed by atoms with Crippen LogP contribution in [-0.2, 0) is 5.60 Å². The van der Waals surface area contributed by atoms with Crippen molar-refractivity contribution in [2.45, 2.75) is 25.4 Å². The van der Waals surface area contributed by atoms with Gasteiger partial charge in [-0.3, -0.25) is 0 Å². The molecule has 1 aromatic rings. The summed E-state index contributed by atoms with van der Waals surface area (Å²) in [6.45, 7) is 2.05. The van der Waals surface area contributed by atoms with E-state index in [0.717, 1.165) is 18.4 Å². The van der Waals surface area contributed by atoms with Crippen LogP contribution in [0, 0.1) is 6.92 Å². The molecule has 1 aliphatic carbocycles. The number of hydrogen-bond acceptors (Lipinski definition) is 1. The van der Waals surface area contributed by atoms with Crippen molar-refractivity contribution in [3.63, 3.8) is 0 Å². The molecule has 1 nitrogen and oxygen atoms in total. The van der Waals surface area contributed by atoms with Crippen molar-refractivity contribution in [1.29, 1.82) is 0 Å². The minimum atomic E-state index is -0.466. The van der Waals surface area contributed by atoms with E-state index in [0.29, 0.717) is 0 Å². The van der Waals surface area contributed by atoms with Crippen molar-refractivity contribution in [2.24, 2.45) is 0 Å². The van der Waals surface area contributed by atoms with Crippen LogP contribution in [0.5, 0.6) is 0 Å². The lowest BCUT2D eigenvalue weighted by Gasteiger charge is -2.07. The van der Waals surface area contributed by atoms with E-state index in [2.05, 4.69) is 19.1 Å². The molecule has 1 heteroatoms. The third-order valence-electron chi connectivity index (χ3n) is 2.28. The molecule has 0 heterocycles. The molecule has 0 bridgehead atoms. The topological polar surface area (TPSA) is 20.2 Å². The Kier molecular flexibility index (Phi) is 1.30. The van der Waals surface area contributed by atoms with Crippen molar-refractivity contribution < 1.29 is 5.11 Å². The highest BCUT2D eigenvalue weighted by molar-refractivity contribution is 5.30. The molecule has 0 unspecified atom stereocenters. The largest absolute Gasteiger partial charge is 0.385 e. The van der Waals surface area contributed by atoms with E-state index in [-0.39, 0.29) is 0 Å². The first-order valence-corrected chi connectivity index (χ1v) is 4.00. The minimum absolute atomic E-state index is 0.466. The number of aryl methyl sites for hydroxylation is 1. The summed E-state index contributed by atoms with van der Waals surface area (Å²) in [5.41, 5.74) is 1.84. The van der Waals surface area contributed by atoms with Gasteiger partial charge >= 0.3 is 0 Å². The highest BCUT2D eigenvalue weighted by atomic mass is 16.3. The number of aliphatic hydroxyl groups is 1. The Morgan fingerprint density at radius 1 is 1.36 bits per heavy atom. The molecule has 1 aliphatic rings. The fraction of sp³-hybridized carbons (Fsp3) is 0.400. The van der Waals surface area contributed by atoms with Gasteiger partial charge in [0.15, 0.2) is 0 Å². The lowest BCUT2D eigenvalue weighted by atomic mass is 10.1. The number of rotatable bonds is 1. The first-order valence-electron chi connectivity index (χ1n) is 4.00. The van der Waals surface area contributed by atoms with Crippen LogP contribution in [0.25, 0.3) is 0 Å². The quantitative estimate of drug-likeness (QED) is 0.645. The molecule has 1 saturated carbocycles. The minimum Gasteiger partial charge on any atom is -0.385 e. The second kappa shape index (κ2) is 2.08. The van der Waals surface area contributed by atoms with Gasteiger partial charge in [-0.25, -0.2) is 0 Å². The Morgan fingerprint density at radius 2 is 2.09 bits per heavy atom. The molecule has 0 aliphatic heterocycles. The summed E-state index contributed by atoms with van der Waals surface area (Å²) in [4.78, 5) is 0. The van der Waals surface area contributed by atoms with Gasteiger partial charge in [0.2, 0.25) is 0 Å². The van der Waals surface area contributed by atoms with E-state index >= 15 is 0 Å². The normalized spacial score (nSPS) is 19.8. The van der Waals surface area contributed by atoms with Gasteiger partial charge in [0.1, 0.15) is 0 Å². The predicted molar refractivity (Wildman–Crippen MR) is 44.3 cm³/mol. The van der Waals surface area contributed by atoms with Crippen LogP contribution >= 0.6 is 0 Å². The van der Waals surface area contributed by atoms with E-state index in [1.807, 2.05) is 12.1 Å². The van der Waals surface area contributed by atoms with Gasteiger partial charge in [-0.05, 0) is 25.3 Å². The standard InChI is InChI=1S/C10H12O/c1-8-3-2-4-9(7-8)10(11)5-6-10/h2-4,7,11H,5-6H2,1H3. The van der Waals surface area contributed by atoms with Crippen LogP contribution in [0.2, 0.25) is 0 Å². The molecule has 58 valence electrons. The summed E-state index contributed by atoms with van der Waals surface area (Å²) in [5, 5.41) is 9.72. The zero-order valence-corrected chi connectivity index (χ0v) is 6.67. The summed E-state index contributed by atoms with van der Waals surface area (Å²) >= 11 is 0. The van der Waals surface area contributed by atoms with Crippen LogP contribution in [-0.4, -0.2) is 5.11 Å². The molecule has 0 spiro atoms. The van der Waals surface area contributed by atoms with Gasteiger partial charge in [0.25, 0.3) is 0 Å². The summed E-state index contributed by atoms with van der Waals surface area (Å²) < 4.78 is 0. The third kappa shape index (κ3) is 1.16. The molecular formula is C10H12O. The van der Waals surface area contributed by atoms with Gasteiger partial charge < -0.3 is 5.11 Å². The Balaban J connectivity index is 2.38. The zero-order chi connectivity index (χ0) is 7.90. The second-order valence-corrected chi connectivity index (χ2v) is 3.40. The maximum absolute atomic E-state index is 9.72. The maximum Gasteiger partial charge on any atom is 0.0899 e. The summed E-state index contributed by atoms with van der Waals surface area (Å²) in [5.74, 6) is 0. The third-order valence-corrected chi connectivity index (χ3v) is 2.28. The molecular weight excluding hydrogens is 136 g/mol. The van der Waals surface area contributed by atoms with Crippen molar-refractivity contribution in [3.05, 3.63) is 35.4 Å². The van der Waals surface area contributed by atoms with Gasteiger partial charge in [0, 0.05) is 0 Å². The highest BCUT2D eigenvalue weighted by Gasteiger charge is 2.41. The number of hydrogen-bond donors (Lipinski definition) is 1. The highest BCUT2D eigenvalue weighted by Crippen LogP contribution is 2.45. The van der Waals surface area contributed by atoms with E-state index < -0.39 is 5.60 Å². The Labute approximate surface area is 66.7 Å². The van der Waals surface area contributed by atoms with Crippen molar-refractivity contribution in [3.8, 4) is 0 Å². The molecule has 11 heavy (non-hydrogen) atoms. The molecule has 2 rings (SSSR count). The van der Waals surface area contributed by atoms with E-state index in [9.17, 15) is 5.11 Å². The van der Waals surface area contributed by atoms with Crippen LogP contribution in [0.15, 0.2) is 24.3 Å². The molecule has 0 radical (unpaired) electrons. The Hall–Kier alpha value is -0.820. The van der Waals surface area contributed by atoms with Gasteiger partial charge in [-0.2, -0.15) is 0 Å². The lowest BCUT2D eigenvalue weighted by Crippen LogP contribution is -2.03. The molecule has 0 amide bonds. The predicted octanol–water partition coefficient (Wildman–Crippen LogP) is 1.98. The average Bonchev–Trinajstić information content (AvgIpc) is 2.70. The zero-order valence-electron chi connectivity index (χ0n) is 6.67. The van der Waals surface area contributed by atoms with Crippen molar-refractivity contribution >= 4 is 0 Å². The van der Waals surface area contributed by atoms with Crippen LogP contribution in [0.1, 0.15) is 24.0 Å². The van der Waals surface area contributed by atoms with E-state index in [4.69, 9.17) is 0 Å². The summed E-state index contributed by atoms with van der Waals surface area (Å²) in [7, 11) is 0. The second-order valence-electron chi connectivity index (χ2n) is 3.40. The van der Waals surface area contributed by atoms with Crippen LogP contribution in [0.4, 0.5) is 0 Å². The number of benzene rings is 1. The first-order chi connectivity index (χ1) is 5.21. The molecule has 1 fully saturated rings. The monoisotopic (exact) mass is 148 g/mol.